The summed E-state index contributed by atoms with van der Waals surface area (Å²) in [4.78, 5) is 20.6. The number of nitrogens with zero attached hydrogens (tertiary/aromatic N) is 2. The number of rotatable bonds is 3. The van der Waals surface area contributed by atoms with Crippen molar-refractivity contribution in [3.8, 4) is 0 Å². The fraction of sp³-hybridized carbons (Fsp3) is 0.312. The van der Waals surface area contributed by atoms with Crippen molar-refractivity contribution in [1.82, 2.24) is 15.3 Å². The van der Waals surface area contributed by atoms with Gasteiger partial charge in [0.2, 0.25) is 0 Å². The second-order valence-electron chi connectivity index (χ2n) is 6.14. The van der Waals surface area contributed by atoms with Crippen LogP contribution in [0.25, 0.3) is 0 Å². The highest BCUT2D eigenvalue weighted by molar-refractivity contribution is 6.31. The number of anilines is 2. The summed E-state index contributed by atoms with van der Waals surface area (Å²) >= 11 is 5.75. The number of nitrogens with one attached hydrogen (secondary N) is 2. The zero-order chi connectivity index (χ0) is 17.2. The zero-order valence-corrected chi connectivity index (χ0v) is 14.1. The zero-order valence-electron chi connectivity index (χ0n) is 13.4. The van der Waals surface area contributed by atoms with Gasteiger partial charge >= 0.3 is 0 Å². The van der Waals surface area contributed by atoms with Gasteiger partial charge in [0.15, 0.2) is 0 Å². The van der Waals surface area contributed by atoms with Crippen molar-refractivity contribution < 1.29 is 9.18 Å². The molecule has 2 aromatic rings. The minimum absolute atomic E-state index is 0.00600. The van der Waals surface area contributed by atoms with E-state index in [9.17, 15) is 9.18 Å². The van der Waals surface area contributed by atoms with Gasteiger partial charge in [-0.1, -0.05) is 11.6 Å². The molecule has 0 aliphatic heterocycles. The molecule has 0 saturated heterocycles. The maximum atomic E-state index is 13.2. The van der Waals surface area contributed by atoms with Crippen LogP contribution < -0.4 is 10.6 Å². The van der Waals surface area contributed by atoms with Gasteiger partial charge in [0.1, 0.15) is 23.2 Å². The first-order valence-electron chi connectivity index (χ1n) is 7.04. The number of aryl methyl sites for hydroxylation is 1. The van der Waals surface area contributed by atoms with Crippen LogP contribution in [0.2, 0.25) is 5.02 Å². The van der Waals surface area contributed by atoms with E-state index in [1.165, 1.54) is 24.3 Å². The van der Waals surface area contributed by atoms with E-state index in [0.29, 0.717) is 17.3 Å². The van der Waals surface area contributed by atoms with E-state index >= 15 is 0 Å². The molecule has 5 nitrogen and oxygen atoms in total. The first-order valence-corrected chi connectivity index (χ1v) is 7.42. The van der Waals surface area contributed by atoms with Crippen molar-refractivity contribution >= 4 is 29.0 Å². The number of carbonyl (C=O) groups is 1. The number of amides is 1. The predicted octanol–water partition coefficient (Wildman–Crippen LogP) is 3.85. The largest absolute Gasteiger partial charge is 0.346 e. The molecule has 0 saturated carbocycles. The van der Waals surface area contributed by atoms with Crippen molar-refractivity contribution in [2.45, 2.75) is 33.2 Å². The van der Waals surface area contributed by atoms with Crippen molar-refractivity contribution in [2.24, 2.45) is 0 Å². The third-order valence-electron chi connectivity index (χ3n) is 2.75. The van der Waals surface area contributed by atoms with Gasteiger partial charge < -0.3 is 10.6 Å². The van der Waals surface area contributed by atoms with Gasteiger partial charge in [-0.05, 0) is 45.9 Å². The van der Waals surface area contributed by atoms with E-state index in [-0.39, 0.29) is 22.2 Å². The van der Waals surface area contributed by atoms with E-state index in [4.69, 9.17) is 11.6 Å². The summed E-state index contributed by atoms with van der Waals surface area (Å²) in [6, 6.07) is 5.77. The molecule has 0 radical (unpaired) electrons. The quantitative estimate of drug-likeness (QED) is 0.893. The first kappa shape index (κ1) is 17.1. The number of hydrogen-bond donors (Lipinski definition) is 2. The molecule has 0 atom stereocenters. The highest BCUT2D eigenvalue weighted by atomic mass is 35.5. The lowest BCUT2D eigenvalue weighted by Gasteiger charge is -2.20. The smallest absolute Gasteiger partial charge is 0.270 e. The van der Waals surface area contributed by atoms with Crippen molar-refractivity contribution in [3.05, 3.63) is 46.6 Å². The molecule has 1 aromatic carbocycles. The van der Waals surface area contributed by atoms with Crippen LogP contribution in [0.1, 0.15) is 37.1 Å². The molecular weight excluding hydrogens is 319 g/mol. The summed E-state index contributed by atoms with van der Waals surface area (Å²) in [5.74, 6) is 0.0889. The van der Waals surface area contributed by atoms with E-state index in [1.807, 2.05) is 20.8 Å². The number of benzene rings is 1. The standard InChI is InChI=1S/C16H18ClFN4O/c1-9-19-13(15(23)22-16(2,3)4)8-14(20-9)21-10-5-6-12(18)11(17)7-10/h5-8H,1-4H3,(H,22,23)(H,19,20,21). The first-order chi connectivity index (χ1) is 10.6. The monoisotopic (exact) mass is 336 g/mol. The molecule has 0 aliphatic carbocycles. The molecule has 1 aromatic heterocycles. The van der Waals surface area contributed by atoms with E-state index < -0.39 is 5.82 Å². The molecule has 0 bridgehead atoms. The van der Waals surface area contributed by atoms with Gasteiger partial charge in [0.25, 0.3) is 5.91 Å². The molecular formula is C16H18ClFN4O. The lowest BCUT2D eigenvalue weighted by Crippen LogP contribution is -2.41. The minimum atomic E-state index is -0.499. The van der Waals surface area contributed by atoms with Crippen molar-refractivity contribution in [3.63, 3.8) is 0 Å². The molecule has 0 unspecified atom stereocenters. The molecule has 1 amide bonds. The molecule has 2 N–H and O–H groups in total. The van der Waals surface area contributed by atoms with Gasteiger partial charge in [-0.2, -0.15) is 0 Å². The molecule has 7 heteroatoms. The molecule has 0 fully saturated rings. The average molecular weight is 337 g/mol. The molecule has 0 aliphatic rings. The number of halogens is 2. The highest BCUT2D eigenvalue weighted by Crippen LogP contribution is 2.22. The molecule has 23 heavy (non-hydrogen) atoms. The Hall–Kier alpha value is -2.21. The lowest BCUT2D eigenvalue weighted by molar-refractivity contribution is 0.0914. The van der Waals surface area contributed by atoms with Crippen molar-refractivity contribution in [1.29, 1.82) is 0 Å². The van der Waals surface area contributed by atoms with Crippen LogP contribution in [0.4, 0.5) is 15.9 Å². The minimum Gasteiger partial charge on any atom is -0.346 e. The van der Waals surface area contributed by atoms with Gasteiger partial charge in [-0.3, -0.25) is 4.79 Å². The maximum Gasteiger partial charge on any atom is 0.270 e. The lowest BCUT2D eigenvalue weighted by atomic mass is 10.1. The van der Waals surface area contributed by atoms with Crippen LogP contribution in [-0.4, -0.2) is 21.4 Å². The summed E-state index contributed by atoms with van der Waals surface area (Å²) in [5.41, 5.74) is 0.452. The summed E-state index contributed by atoms with van der Waals surface area (Å²) in [5, 5.41) is 5.84. The normalized spacial score (nSPS) is 11.2. The third kappa shape index (κ3) is 4.89. The van der Waals surface area contributed by atoms with Crippen LogP contribution in [-0.2, 0) is 0 Å². The highest BCUT2D eigenvalue weighted by Gasteiger charge is 2.17. The second kappa shape index (κ2) is 6.50. The van der Waals surface area contributed by atoms with Gasteiger partial charge in [-0.25, -0.2) is 14.4 Å². The van der Waals surface area contributed by atoms with Gasteiger partial charge in [0.05, 0.1) is 5.02 Å². The molecule has 122 valence electrons. The Balaban J connectivity index is 2.26. The second-order valence-corrected chi connectivity index (χ2v) is 6.55. The summed E-state index contributed by atoms with van der Waals surface area (Å²) in [6.45, 7) is 7.35. The topological polar surface area (TPSA) is 66.9 Å². The number of hydrogen-bond acceptors (Lipinski definition) is 4. The van der Waals surface area contributed by atoms with Crippen LogP contribution in [0.5, 0.6) is 0 Å². The van der Waals surface area contributed by atoms with Crippen molar-refractivity contribution in [2.75, 3.05) is 5.32 Å². The summed E-state index contributed by atoms with van der Waals surface area (Å²) in [6.07, 6.45) is 0. The Morgan fingerprint density at radius 1 is 1.22 bits per heavy atom. The molecule has 2 rings (SSSR count). The molecule has 1 heterocycles. The average Bonchev–Trinajstić information content (AvgIpc) is 2.40. The van der Waals surface area contributed by atoms with Crippen LogP contribution in [0.15, 0.2) is 24.3 Å². The van der Waals surface area contributed by atoms with Gasteiger partial charge in [-0.15, -0.1) is 0 Å². The Kier molecular flexibility index (Phi) is 4.85. The third-order valence-corrected chi connectivity index (χ3v) is 3.04. The fourth-order valence-electron chi connectivity index (χ4n) is 1.87. The SMILES string of the molecule is Cc1nc(Nc2ccc(F)c(Cl)c2)cc(C(=O)NC(C)(C)C)n1. The summed E-state index contributed by atoms with van der Waals surface area (Å²) in [7, 11) is 0. The number of aromatic nitrogens is 2. The Morgan fingerprint density at radius 3 is 2.52 bits per heavy atom. The van der Waals surface area contributed by atoms with Crippen LogP contribution in [0.3, 0.4) is 0 Å². The maximum absolute atomic E-state index is 13.2. The Morgan fingerprint density at radius 2 is 1.91 bits per heavy atom. The van der Waals surface area contributed by atoms with Gasteiger partial charge in [0, 0.05) is 17.3 Å². The predicted molar refractivity (Wildman–Crippen MR) is 88.7 cm³/mol. The van der Waals surface area contributed by atoms with E-state index in [1.54, 1.807) is 6.92 Å². The van der Waals surface area contributed by atoms with Crippen LogP contribution in [0, 0.1) is 12.7 Å². The fourth-order valence-corrected chi connectivity index (χ4v) is 2.05. The summed E-state index contributed by atoms with van der Waals surface area (Å²) < 4.78 is 13.2. The number of carbonyl (C=O) groups excluding carboxylic acids is 1. The Bertz CT molecular complexity index is 743. The Labute approximate surface area is 139 Å². The van der Waals surface area contributed by atoms with Crippen LogP contribution >= 0.6 is 11.6 Å². The van der Waals surface area contributed by atoms with E-state index in [0.717, 1.165) is 0 Å². The van der Waals surface area contributed by atoms with E-state index in [2.05, 4.69) is 20.6 Å². The molecule has 0 spiro atoms.